The number of hydrogen-bond acceptors (Lipinski definition) is 2. The topological polar surface area (TPSA) is 15.3 Å². The summed E-state index contributed by atoms with van der Waals surface area (Å²) in [4.78, 5) is 2.43. The van der Waals surface area contributed by atoms with Crippen molar-refractivity contribution in [3.63, 3.8) is 0 Å². The fourth-order valence-corrected chi connectivity index (χ4v) is 3.14. The third kappa shape index (κ3) is 3.73. The number of anilines is 1. The van der Waals surface area contributed by atoms with Crippen LogP contribution in [0.3, 0.4) is 0 Å². The van der Waals surface area contributed by atoms with E-state index in [1.165, 1.54) is 37.1 Å². The van der Waals surface area contributed by atoms with Gasteiger partial charge in [0.25, 0.3) is 0 Å². The van der Waals surface area contributed by atoms with Gasteiger partial charge in [-0.25, -0.2) is 0 Å². The molecule has 1 unspecified atom stereocenters. The molecule has 0 amide bonds. The van der Waals surface area contributed by atoms with Gasteiger partial charge in [0.05, 0.1) is 0 Å². The molecule has 1 saturated carbocycles. The molecule has 1 aliphatic rings. The molecule has 3 heteroatoms. The summed E-state index contributed by atoms with van der Waals surface area (Å²) in [5.74, 6) is 0.895. The first-order valence-electron chi connectivity index (χ1n) is 7.35. The Balaban J connectivity index is 2.17. The first-order chi connectivity index (χ1) is 9.11. The number of halogens is 1. The number of nitrogens with one attached hydrogen (secondary N) is 1. The molecule has 0 bridgehead atoms. The van der Waals surface area contributed by atoms with E-state index in [1.807, 2.05) is 0 Å². The average molecular weight is 325 g/mol. The summed E-state index contributed by atoms with van der Waals surface area (Å²) in [5, 5.41) is 3.52. The van der Waals surface area contributed by atoms with Gasteiger partial charge >= 0.3 is 0 Å². The quantitative estimate of drug-likeness (QED) is 0.836. The lowest BCUT2D eigenvalue weighted by Crippen LogP contribution is -2.31. The SMILES string of the molecule is CCNC(C)c1ccc(Br)cc1N(C)CC1CCC1. The maximum Gasteiger partial charge on any atom is 0.0423 e. The summed E-state index contributed by atoms with van der Waals surface area (Å²) < 4.78 is 1.16. The van der Waals surface area contributed by atoms with Crippen LogP contribution in [0.2, 0.25) is 0 Å². The molecule has 1 aromatic carbocycles. The summed E-state index contributed by atoms with van der Waals surface area (Å²) in [5.41, 5.74) is 2.75. The molecule has 2 nitrogen and oxygen atoms in total. The normalized spacial score (nSPS) is 17.1. The molecule has 0 aliphatic heterocycles. The highest BCUT2D eigenvalue weighted by atomic mass is 79.9. The van der Waals surface area contributed by atoms with Crippen molar-refractivity contribution in [2.75, 3.05) is 25.0 Å². The van der Waals surface area contributed by atoms with Gasteiger partial charge in [-0.2, -0.15) is 0 Å². The lowest BCUT2D eigenvalue weighted by molar-refractivity contribution is 0.321. The van der Waals surface area contributed by atoms with E-state index in [0.29, 0.717) is 6.04 Å². The van der Waals surface area contributed by atoms with E-state index >= 15 is 0 Å². The van der Waals surface area contributed by atoms with Gasteiger partial charge < -0.3 is 10.2 Å². The van der Waals surface area contributed by atoms with Crippen molar-refractivity contribution >= 4 is 21.6 Å². The van der Waals surface area contributed by atoms with Crippen LogP contribution in [0.15, 0.2) is 22.7 Å². The molecule has 1 fully saturated rings. The van der Waals surface area contributed by atoms with Crippen molar-refractivity contribution in [3.8, 4) is 0 Å². The lowest BCUT2D eigenvalue weighted by atomic mass is 9.85. The highest BCUT2D eigenvalue weighted by molar-refractivity contribution is 9.10. The molecule has 0 aromatic heterocycles. The summed E-state index contributed by atoms with van der Waals surface area (Å²) in [6, 6.07) is 7.03. The Morgan fingerprint density at radius 3 is 2.74 bits per heavy atom. The Hall–Kier alpha value is -0.540. The Labute approximate surface area is 125 Å². The fourth-order valence-electron chi connectivity index (χ4n) is 2.79. The minimum atomic E-state index is 0.400. The molecular formula is C16H25BrN2. The van der Waals surface area contributed by atoms with Gasteiger partial charge in [0.15, 0.2) is 0 Å². The predicted molar refractivity (Wildman–Crippen MR) is 86.8 cm³/mol. The van der Waals surface area contributed by atoms with Crippen LogP contribution in [0.25, 0.3) is 0 Å². The monoisotopic (exact) mass is 324 g/mol. The van der Waals surface area contributed by atoms with E-state index in [-0.39, 0.29) is 0 Å². The summed E-state index contributed by atoms with van der Waals surface area (Å²) in [7, 11) is 2.22. The lowest BCUT2D eigenvalue weighted by Gasteiger charge is -2.33. The van der Waals surface area contributed by atoms with Crippen LogP contribution in [-0.4, -0.2) is 20.1 Å². The molecule has 1 N–H and O–H groups in total. The van der Waals surface area contributed by atoms with E-state index < -0.39 is 0 Å². The van der Waals surface area contributed by atoms with Crippen molar-refractivity contribution in [1.82, 2.24) is 5.32 Å². The molecule has 106 valence electrons. The molecule has 0 saturated heterocycles. The molecule has 2 rings (SSSR count). The van der Waals surface area contributed by atoms with Crippen LogP contribution in [0, 0.1) is 5.92 Å². The highest BCUT2D eigenvalue weighted by Gasteiger charge is 2.21. The van der Waals surface area contributed by atoms with E-state index in [2.05, 4.69) is 65.2 Å². The number of nitrogens with zero attached hydrogens (tertiary/aromatic N) is 1. The second-order valence-corrected chi connectivity index (χ2v) is 6.58. The molecule has 19 heavy (non-hydrogen) atoms. The van der Waals surface area contributed by atoms with Gasteiger partial charge in [-0.15, -0.1) is 0 Å². The van der Waals surface area contributed by atoms with E-state index in [1.54, 1.807) is 0 Å². The van der Waals surface area contributed by atoms with Gasteiger partial charge in [-0.05, 0) is 49.9 Å². The summed E-state index contributed by atoms with van der Waals surface area (Å²) >= 11 is 3.60. The molecule has 0 radical (unpaired) electrons. The third-order valence-corrected chi connectivity index (χ3v) is 4.63. The number of hydrogen-bond donors (Lipinski definition) is 1. The van der Waals surface area contributed by atoms with Crippen molar-refractivity contribution < 1.29 is 0 Å². The smallest absolute Gasteiger partial charge is 0.0423 e. The van der Waals surface area contributed by atoms with Crippen molar-refractivity contribution in [2.24, 2.45) is 5.92 Å². The summed E-state index contributed by atoms with van der Waals surface area (Å²) in [6.45, 7) is 6.59. The molecule has 1 aromatic rings. The summed E-state index contributed by atoms with van der Waals surface area (Å²) in [6.07, 6.45) is 4.21. The average Bonchev–Trinajstić information content (AvgIpc) is 2.33. The minimum absolute atomic E-state index is 0.400. The Morgan fingerprint density at radius 1 is 1.42 bits per heavy atom. The zero-order chi connectivity index (χ0) is 13.8. The maximum absolute atomic E-state index is 3.60. The van der Waals surface area contributed by atoms with E-state index in [9.17, 15) is 0 Å². The van der Waals surface area contributed by atoms with Gasteiger partial charge in [-0.1, -0.05) is 35.3 Å². The van der Waals surface area contributed by atoms with Crippen LogP contribution in [0.4, 0.5) is 5.69 Å². The van der Waals surface area contributed by atoms with E-state index in [0.717, 1.165) is 16.9 Å². The molecule has 0 heterocycles. The van der Waals surface area contributed by atoms with Crippen LogP contribution < -0.4 is 10.2 Å². The van der Waals surface area contributed by atoms with Crippen LogP contribution in [-0.2, 0) is 0 Å². The zero-order valence-corrected chi connectivity index (χ0v) is 13.8. The molecular weight excluding hydrogens is 300 g/mol. The highest BCUT2D eigenvalue weighted by Crippen LogP contribution is 2.32. The second kappa shape index (κ2) is 6.76. The van der Waals surface area contributed by atoms with Gasteiger partial charge in [0.1, 0.15) is 0 Å². The molecule has 0 spiro atoms. The van der Waals surface area contributed by atoms with Gasteiger partial charge in [-0.3, -0.25) is 0 Å². The zero-order valence-electron chi connectivity index (χ0n) is 12.2. The molecule has 1 aliphatic carbocycles. The second-order valence-electron chi connectivity index (χ2n) is 5.66. The number of benzene rings is 1. The standard InChI is InChI=1S/C16H25BrN2/c1-4-18-12(2)15-9-8-14(17)10-16(15)19(3)11-13-6-5-7-13/h8-10,12-13,18H,4-7,11H2,1-3H3. The fraction of sp³-hybridized carbons (Fsp3) is 0.625. The minimum Gasteiger partial charge on any atom is -0.374 e. The number of rotatable bonds is 6. The Bertz CT molecular complexity index is 415. The third-order valence-electron chi connectivity index (χ3n) is 4.14. The largest absolute Gasteiger partial charge is 0.374 e. The Kier molecular flexibility index (Phi) is 5.28. The van der Waals surface area contributed by atoms with E-state index in [4.69, 9.17) is 0 Å². The van der Waals surface area contributed by atoms with Gasteiger partial charge in [0.2, 0.25) is 0 Å². The van der Waals surface area contributed by atoms with Crippen LogP contribution in [0.5, 0.6) is 0 Å². The van der Waals surface area contributed by atoms with Gasteiger partial charge in [0, 0.05) is 29.8 Å². The molecule has 1 atom stereocenters. The maximum atomic E-state index is 3.60. The Morgan fingerprint density at radius 2 is 2.16 bits per heavy atom. The van der Waals surface area contributed by atoms with Crippen LogP contribution >= 0.6 is 15.9 Å². The van der Waals surface area contributed by atoms with Crippen molar-refractivity contribution in [3.05, 3.63) is 28.2 Å². The van der Waals surface area contributed by atoms with Crippen LogP contribution in [0.1, 0.15) is 44.7 Å². The first kappa shape index (κ1) is 14.9. The van der Waals surface area contributed by atoms with Crippen molar-refractivity contribution in [2.45, 2.75) is 39.2 Å². The first-order valence-corrected chi connectivity index (χ1v) is 8.15. The predicted octanol–water partition coefficient (Wildman–Crippen LogP) is 4.36. The van der Waals surface area contributed by atoms with Crippen molar-refractivity contribution in [1.29, 1.82) is 0 Å².